The summed E-state index contributed by atoms with van der Waals surface area (Å²) in [4.78, 5) is 10.7. The minimum Gasteiger partial charge on any atom is -0.479 e. The Morgan fingerprint density at radius 1 is 1.53 bits per heavy atom. The van der Waals surface area contributed by atoms with Gasteiger partial charge in [-0.25, -0.2) is 4.79 Å². The fourth-order valence-corrected chi connectivity index (χ4v) is 1.57. The molecule has 0 radical (unpaired) electrons. The van der Waals surface area contributed by atoms with Crippen LogP contribution in [-0.4, -0.2) is 24.3 Å². The van der Waals surface area contributed by atoms with Crippen molar-refractivity contribution in [2.45, 2.75) is 12.5 Å². The first kappa shape index (κ1) is 12.3. The molecule has 0 saturated heterocycles. The molecule has 0 saturated carbocycles. The van der Waals surface area contributed by atoms with E-state index in [9.17, 15) is 4.79 Å². The maximum absolute atomic E-state index is 10.7. The fourth-order valence-electron chi connectivity index (χ4n) is 1.18. The number of carbonyl (C=O) groups is 1. The van der Waals surface area contributed by atoms with Gasteiger partial charge in [0, 0.05) is 13.5 Å². The molecule has 0 amide bonds. The molecule has 0 spiro atoms. The average Bonchev–Trinajstić information content (AvgIpc) is 2.19. The number of carboxylic acid groups (broad SMARTS) is 1. The molecule has 0 heterocycles. The molecular formula is C10H10Cl2O3. The summed E-state index contributed by atoms with van der Waals surface area (Å²) in [7, 11) is 1.34. The molecule has 1 aromatic rings. The van der Waals surface area contributed by atoms with E-state index in [-0.39, 0.29) is 6.42 Å². The van der Waals surface area contributed by atoms with Crippen LogP contribution in [0.3, 0.4) is 0 Å². The number of hydrogen-bond donors (Lipinski definition) is 1. The van der Waals surface area contributed by atoms with Gasteiger partial charge in [0.1, 0.15) is 0 Å². The SMILES string of the molecule is CO[C@@H](Cc1cccc(Cl)c1Cl)C(=O)O. The van der Waals surface area contributed by atoms with Gasteiger partial charge >= 0.3 is 5.97 Å². The van der Waals surface area contributed by atoms with Gasteiger partial charge < -0.3 is 9.84 Å². The minimum absolute atomic E-state index is 0.200. The molecule has 5 heteroatoms. The normalized spacial score (nSPS) is 12.5. The molecule has 1 atom stereocenters. The number of methoxy groups -OCH3 is 1. The Morgan fingerprint density at radius 3 is 2.73 bits per heavy atom. The Hall–Kier alpha value is -0.770. The van der Waals surface area contributed by atoms with Crippen LogP contribution in [0.15, 0.2) is 18.2 Å². The van der Waals surface area contributed by atoms with Gasteiger partial charge in [-0.1, -0.05) is 35.3 Å². The second kappa shape index (κ2) is 5.35. The van der Waals surface area contributed by atoms with Crippen LogP contribution in [0.4, 0.5) is 0 Å². The number of hydrogen-bond acceptors (Lipinski definition) is 2. The topological polar surface area (TPSA) is 46.5 Å². The van der Waals surface area contributed by atoms with Gasteiger partial charge in [0.25, 0.3) is 0 Å². The lowest BCUT2D eigenvalue weighted by Gasteiger charge is -2.11. The quantitative estimate of drug-likeness (QED) is 0.892. The molecule has 3 nitrogen and oxygen atoms in total. The number of carboxylic acids is 1. The van der Waals surface area contributed by atoms with Crippen molar-refractivity contribution in [3.8, 4) is 0 Å². The van der Waals surface area contributed by atoms with Gasteiger partial charge in [-0.15, -0.1) is 0 Å². The summed E-state index contributed by atoms with van der Waals surface area (Å²) in [5.41, 5.74) is 0.665. The van der Waals surface area contributed by atoms with Crippen molar-refractivity contribution in [2.24, 2.45) is 0 Å². The highest BCUT2D eigenvalue weighted by Crippen LogP contribution is 2.26. The molecule has 1 rings (SSSR count). The lowest BCUT2D eigenvalue weighted by molar-refractivity contribution is -0.148. The van der Waals surface area contributed by atoms with E-state index in [2.05, 4.69) is 0 Å². The maximum atomic E-state index is 10.7. The lowest BCUT2D eigenvalue weighted by Crippen LogP contribution is -2.24. The molecule has 0 unspecified atom stereocenters. The lowest BCUT2D eigenvalue weighted by atomic mass is 10.1. The van der Waals surface area contributed by atoms with Crippen LogP contribution in [0.2, 0.25) is 10.0 Å². The maximum Gasteiger partial charge on any atom is 0.333 e. The van der Waals surface area contributed by atoms with Gasteiger partial charge in [0.05, 0.1) is 10.0 Å². The highest BCUT2D eigenvalue weighted by Gasteiger charge is 2.18. The summed E-state index contributed by atoms with van der Waals surface area (Å²) >= 11 is 11.7. The summed E-state index contributed by atoms with van der Waals surface area (Å²) in [5.74, 6) is -1.02. The Balaban J connectivity index is 2.88. The summed E-state index contributed by atoms with van der Waals surface area (Å²) in [5, 5.41) is 9.58. The van der Waals surface area contributed by atoms with Gasteiger partial charge in [-0.05, 0) is 11.6 Å². The van der Waals surface area contributed by atoms with Crippen molar-refractivity contribution >= 4 is 29.2 Å². The molecule has 0 aromatic heterocycles. The third-order valence-corrected chi connectivity index (χ3v) is 2.85. The van der Waals surface area contributed by atoms with E-state index in [1.807, 2.05) is 0 Å². The second-order valence-electron chi connectivity index (χ2n) is 2.98. The molecule has 82 valence electrons. The molecule has 0 aliphatic rings. The van der Waals surface area contributed by atoms with E-state index in [4.69, 9.17) is 33.0 Å². The zero-order valence-electron chi connectivity index (χ0n) is 8.04. The molecule has 1 aromatic carbocycles. The summed E-state index contributed by atoms with van der Waals surface area (Å²) in [6, 6.07) is 5.09. The van der Waals surface area contributed by atoms with Crippen molar-refractivity contribution in [3.05, 3.63) is 33.8 Å². The first-order valence-corrected chi connectivity index (χ1v) is 5.00. The highest BCUT2D eigenvalue weighted by molar-refractivity contribution is 6.42. The first-order chi connectivity index (χ1) is 7.06. The Labute approximate surface area is 97.6 Å². The van der Waals surface area contributed by atoms with Crippen LogP contribution in [0.5, 0.6) is 0 Å². The van der Waals surface area contributed by atoms with E-state index >= 15 is 0 Å². The predicted molar refractivity (Wildman–Crippen MR) is 58.6 cm³/mol. The molecule has 15 heavy (non-hydrogen) atoms. The third-order valence-electron chi connectivity index (χ3n) is 2.00. The van der Waals surface area contributed by atoms with E-state index in [1.54, 1.807) is 18.2 Å². The number of rotatable bonds is 4. The zero-order chi connectivity index (χ0) is 11.4. The largest absolute Gasteiger partial charge is 0.479 e. The van der Waals surface area contributed by atoms with Crippen LogP contribution in [-0.2, 0) is 16.0 Å². The van der Waals surface area contributed by atoms with Crippen molar-refractivity contribution < 1.29 is 14.6 Å². The molecular weight excluding hydrogens is 239 g/mol. The third kappa shape index (κ3) is 3.09. The Morgan fingerprint density at radius 2 is 2.20 bits per heavy atom. The van der Waals surface area contributed by atoms with Crippen LogP contribution in [0.1, 0.15) is 5.56 Å². The highest BCUT2D eigenvalue weighted by atomic mass is 35.5. The van der Waals surface area contributed by atoms with Crippen molar-refractivity contribution in [2.75, 3.05) is 7.11 Å². The second-order valence-corrected chi connectivity index (χ2v) is 3.76. The molecule has 1 N–H and O–H groups in total. The van der Waals surface area contributed by atoms with Crippen LogP contribution in [0, 0.1) is 0 Å². The Kier molecular flexibility index (Phi) is 4.39. The van der Waals surface area contributed by atoms with Crippen molar-refractivity contribution in [3.63, 3.8) is 0 Å². The van der Waals surface area contributed by atoms with E-state index in [0.717, 1.165) is 0 Å². The summed E-state index contributed by atoms with van der Waals surface area (Å²) in [6.45, 7) is 0. The number of aliphatic carboxylic acids is 1. The van der Waals surface area contributed by atoms with E-state index in [1.165, 1.54) is 7.11 Å². The van der Waals surface area contributed by atoms with Gasteiger partial charge in [0.2, 0.25) is 0 Å². The summed E-state index contributed by atoms with van der Waals surface area (Å²) in [6.07, 6.45) is -0.702. The van der Waals surface area contributed by atoms with E-state index < -0.39 is 12.1 Å². The van der Waals surface area contributed by atoms with Crippen LogP contribution in [0.25, 0.3) is 0 Å². The van der Waals surface area contributed by atoms with Gasteiger partial charge in [-0.2, -0.15) is 0 Å². The molecule has 0 aliphatic carbocycles. The van der Waals surface area contributed by atoms with Crippen molar-refractivity contribution in [1.29, 1.82) is 0 Å². The van der Waals surface area contributed by atoms with Gasteiger partial charge in [0.15, 0.2) is 6.10 Å². The first-order valence-electron chi connectivity index (χ1n) is 4.24. The smallest absolute Gasteiger partial charge is 0.333 e. The standard InChI is InChI=1S/C10H10Cl2O3/c1-15-8(10(13)14)5-6-3-2-4-7(11)9(6)12/h2-4,8H,5H2,1H3,(H,13,14)/t8-/m0/s1. The summed E-state index contributed by atoms with van der Waals surface area (Å²) < 4.78 is 4.81. The van der Waals surface area contributed by atoms with Crippen molar-refractivity contribution in [1.82, 2.24) is 0 Å². The zero-order valence-corrected chi connectivity index (χ0v) is 9.55. The molecule has 0 fully saturated rings. The number of ether oxygens (including phenoxy) is 1. The van der Waals surface area contributed by atoms with Gasteiger partial charge in [-0.3, -0.25) is 0 Å². The minimum atomic E-state index is -1.02. The average molecular weight is 249 g/mol. The van der Waals surface area contributed by atoms with Crippen LogP contribution < -0.4 is 0 Å². The monoisotopic (exact) mass is 248 g/mol. The van der Waals surface area contributed by atoms with Crippen LogP contribution >= 0.6 is 23.2 Å². The Bertz CT molecular complexity index is 366. The molecule has 0 bridgehead atoms. The predicted octanol–water partition coefficient (Wildman–Crippen LogP) is 2.64. The number of benzene rings is 1. The fraction of sp³-hybridized carbons (Fsp3) is 0.300. The van der Waals surface area contributed by atoms with E-state index in [0.29, 0.717) is 15.6 Å². The molecule has 0 aliphatic heterocycles. The number of halogens is 2.